The van der Waals surface area contributed by atoms with E-state index in [0.29, 0.717) is 0 Å². The van der Waals surface area contributed by atoms with Crippen molar-refractivity contribution in [2.24, 2.45) is 73.3 Å². The van der Waals surface area contributed by atoms with E-state index in [1.165, 1.54) is 0 Å². The first kappa shape index (κ1) is 43.9. The molecule has 0 radical (unpaired) electrons. The van der Waals surface area contributed by atoms with Gasteiger partial charge in [-0.3, -0.25) is 38.6 Å². The molecule has 1 aliphatic heterocycles. The van der Waals surface area contributed by atoms with Crippen molar-refractivity contribution in [2.45, 2.75) is 61.8 Å². The SMILES string of the molecule is NCC(=O)C(CN)C(C(=O)CN)(C(=O)C(N)CCCN=C(N)N)C(C(=O)C(N)CO)(C(=O)C(N)CC(=O)O)C(N)(C(=O)O)C(=O)C1CCCN1. The van der Waals surface area contributed by atoms with Gasteiger partial charge in [0.15, 0.2) is 46.2 Å². The van der Waals surface area contributed by atoms with Crippen LogP contribution in [-0.4, -0.2) is 137 Å². The maximum Gasteiger partial charge on any atom is 0.333 e. The molecule has 1 fully saturated rings. The number of aliphatic hydroxyl groups excluding tert-OH is 1. The molecule has 8 unspecified atom stereocenters. The number of carbonyl (C=O) groups is 8. The number of aliphatic hydroxyl groups is 1. The van der Waals surface area contributed by atoms with E-state index in [4.69, 9.17) is 51.6 Å². The van der Waals surface area contributed by atoms with Gasteiger partial charge in [-0.15, -0.1) is 0 Å². The number of guanidine groups is 1. The summed E-state index contributed by atoms with van der Waals surface area (Å²) in [5, 5.41) is 33.3. The Kier molecular flexibility index (Phi) is 16.0. The van der Waals surface area contributed by atoms with E-state index in [1.807, 2.05) is 0 Å². The fraction of sp³-hybridized carbons (Fsp3) is 0.679. The van der Waals surface area contributed by atoms with Crippen LogP contribution in [0.3, 0.4) is 0 Å². The number of carboxylic acid groups (broad SMARTS) is 2. The van der Waals surface area contributed by atoms with Gasteiger partial charge in [0, 0.05) is 13.1 Å². The van der Waals surface area contributed by atoms with Crippen molar-refractivity contribution >= 4 is 52.6 Å². The first-order valence-corrected chi connectivity index (χ1v) is 15.5. The molecule has 1 saturated heterocycles. The molecule has 8 atom stereocenters. The van der Waals surface area contributed by atoms with Crippen LogP contribution in [0.4, 0.5) is 0 Å². The van der Waals surface area contributed by atoms with Crippen molar-refractivity contribution in [3.8, 4) is 0 Å². The van der Waals surface area contributed by atoms with Gasteiger partial charge in [0.1, 0.15) is 10.8 Å². The summed E-state index contributed by atoms with van der Waals surface area (Å²) in [6, 6.07) is -8.56. The minimum absolute atomic E-state index is 0.0965. The summed E-state index contributed by atoms with van der Waals surface area (Å²) in [7, 11) is 0. The molecule has 0 aromatic rings. The molecule has 282 valence electrons. The second-order valence-electron chi connectivity index (χ2n) is 11.9. The molecule has 22 heteroatoms. The molecular weight excluding hydrogens is 666 g/mol. The van der Waals surface area contributed by atoms with Gasteiger partial charge in [0.2, 0.25) is 0 Å². The van der Waals surface area contributed by atoms with Gasteiger partial charge >= 0.3 is 11.9 Å². The average molecular weight is 716 g/mol. The number of nitrogens with two attached hydrogens (primary N) is 9. The van der Waals surface area contributed by atoms with Crippen LogP contribution in [-0.2, 0) is 38.4 Å². The topological polar surface area (TPSA) is 456 Å². The zero-order valence-electron chi connectivity index (χ0n) is 27.4. The lowest BCUT2D eigenvalue weighted by molar-refractivity contribution is -0.188. The van der Waals surface area contributed by atoms with Crippen molar-refractivity contribution in [2.75, 3.05) is 39.3 Å². The van der Waals surface area contributed by atoms with Crippen LogP contribution < -0.4 is 56.9 Å². The van der Waals surface area contributed by atoms with Crippen LogP contribution >= 0.6 is 0 Å². The van der Waals surface area contributed by atoms with E-state index in [9.17, 15) is 44.1 Å². The summed E-state index contributed by atoms with van der Waals surface area (Å²) in [6.45, 7) is -5.10. The Balaban J connectivity index is 4.92. The lowest BCUT2D eigenvalue weighted by Crippen LogP contribution is -2.85. The average Bonchev–Trinajstić information content (AvgIpc) is 3.62. The van der Waals surface area contributed by atoms with E-state index < -0.39 is 132 Å². The molecule has 0 bridgehead atoms. The number of aliphatic carboxylic acids is 2. The summed E-state index contributed by atoms with van der Waals surface area (Å²) in [6.07, 6.45) is -1.94. The number of carbonyl (C=O) groups excluding carboxylic acids is 6. The maximum absolute atomic E-state index is 15.1. The van der Waals surface area contributed by atoms with Crippen molar-refractivity contribution in [1.29, 1.82) is 0 Å². The van der Waals surface area contributed by atoms with Gasteiger partial charge in [0.25, 0.3) is 0 Å². The Bertz CT molecular complexity index is 1370. The molecular formula is C28H49N11O11. The lowest BCUT2D eigenvalue weighted by Gasteiger charge is -2.56. The van der Waals surface area contributed by atoms with Gasteiger partial charge in [0.05, 0.1) is 56.2 Å². The molecule has 0 saturated carbocycles. The number of hydrogen-bond donors (Lipinski definition) is 13. The number of hydrogen-bond acceptors (Lipinski definition) is 18. The summed E-state index contributed by atoms with van der Waals surface area (Å²) >= 11 is 0. The smallest absolute Gasteiger partial charge is 0.333 e. The van der Waals surface area contributed by atoms with Gasteiger partial charge in [-0.05, 0) is 32.2 Å². The zero-order chi connectivity index (χ0) is 38.8. The number of ketones is 6. The molecule has 1 heterocycles. The van der Waals surface area contributed by atoms with E-state index in [2.05, 4.69) is 10.3 Å². The quantitative estimate of drug-likeness (QED) is 0.0191. The predicted octanol–water partition coefficient (Wildman–Crippen LogP) is -8.10. The normalized spacial score (nSPS) is 20.4. The third kappa shape index (κ3) is 7.77. The molecule has 1 rings (SSSR count). The van der Waals surface area contributed by atoms with Gasteiger partial charge in [-0.25, -0.2) is 4.79 Å². The summed E-state index contributed by atoms with van der Waals surface area (Å²) < 4.78 is 0. The molecule has 22 nitrogen and oxygen atoms in total. The number of nitrogens with zero attached hydrogens (tertiary/aromatic N) is 1. The summed E-state index contributed by atoms with van der Waals surface area (Å²) in [4.78, 5) is 117. The van der Waals surface area contributed by atoms with Crippen LogP contribution in [0.5, 0.6) is 0 Å². The van der Waals surface area contributed by atoms with Gasteiger partial charge < -0.3 is 72.2 Å². The van der Waals surface area contributed by atoms with E-state index in [-0.39, 0.29) is 38.3 Å². The van der Waals surface area contributed by atoms with Crippen LogP contribution in [0.2, 0.25) is 0 Å². The second-order valence-corrected chi connectivity index (χ2v) is 11.9. The van der Waals surface area contributed by atoms with Crippen LogP contribution in [0, 0.1) is 16.7 Å². The number of carboxylic acids is 2. The van der Waals surface area contributed by atoms with E-state index >= 15 is 9.59 Å². The number of Topliss-reactive ketones (excluding diaryl/α,β-unsaturated/α-hetero) is 6. The van der Waals surface area contributed by atoms with Gasteiger partial charge in [-0.1, -0.05) is 0 Å². The maximum atomic E-state index is 15.1. The highest BCUT2D eigenvalue weighted by Crippen LogP contribution is 2.56. The first-order valence-electron chi connectivity index (χ1n) is 15.5. The van der Waals surface area contributed by atoms with Gasteiger partial charge in [-0.2, -0.15) is 0 Å². The van der Waals surface area contributed by atoms with Crippen LogP contribution in [0.25, 0.3) is 0 Å². The lowest BCUT2D eigenvalue weighted by atomic mass is 9.40. The second kappa shape index (κ2) is 18.2. The Labute approximate surface area is 286 Å². The standard InChI is InChI=1S/C28H49N11O11/c29-8-12(17(41)9-30)26(18(42)10-31,20(45)13(32)3-1-6-39-25(35)36)27(22(47)15(34)11-40,21(46)14(33)7-19(43)44)28(37,24(49)50)23(48)16-4-2-5-38-16/h12-16,38,40H,1-11,29-34,37H2,(H,43,44)(H,49,50)(H4,35,36,39). The van der Waals surface area contributed by atoms with Crippen molar-refractivity contribution in [1.82, 2.24) is 5.32 Å². The van der Waals surface area contributed by atoms with E-state index in [1.54, 1.807) is 0 Å². The monoisotopic (exact) mass is 715 g/mol. The largest absolute Gasteiger partial charge is 0.481 e. The first-order chi connectivity index (χ1) is 23.3. The van der Waals surface area contributed by atoms with Crippen molar-refractivity contribution in [3.05, 3.63) is 0 Å². The molecule has 0 aromatic heterocycles. The van der Waals surface area contributed by atoms with E-state index in [0.717, 1.165) is 0 Å². The van der Waals surface area contributed by atoms with Crippen molar-refractivity contribution in [3.63, 3.8) is 0 Å². The van der Waals surface area contributed by atoms with Crippen LogP contribution in [0.15, 0.2) is 4.99 Å². The Morgan fingerprint density at radius 1 is 0.860 bits per heavy atom. The molecule has 50 heavy (non-hydrogen) atoms. The molecule has 0 amide bonds. The fourth-order valence-electron chi connectivity index (χ4n) is 6.72. The molecule has 0 aromatic carbocycles. The predicted molar refractivity (Wildman–Crippen MR) is 174 cm³/mol. The highest BCUT2D eigenvalue weighted by molar-refractivity contribution is 6.32. The molecule has 1 aliphatic rings. The Morgan fingerprint density at radius 2 is 1.44 bits per heavy atom. The Morgan fingerprint density at radius 3 is 1.86 bits per heavy atom. The van der Waals surface area contributed by atoms with Crippen molar-refractivity contribution < 1.29 is 53.7 Å². The highest BCUT2D eigenvalue weighted by Gasteiger charge is 2.82. The zero-order valence-corrected chi connectivity index (χ0v) is 27.4. The number of nitrogens with one attached hydrogen (secondary N) is 1. The minimum atomic E-state index is -4.26. The third-order valence-electron chi connectivity index (χ3n) is 8.96. The third-order valence-corrected chi connectivity index (χ3v) is 8.96. The molecule has 22 N–H and O–H groups in total. The number of aliphatic imine (C=N–C) groups is 1. The molecule has 0 spiro atoms. The molecule has 0 aliphatic carbocycles. The van der Waals surface area contributed by atoms with Crippen LogP contribution in [0.1, 0.15) is 32.1 Å². The summed E-state index contributed by atoms with van der Waals surface area (Å²) in [5.74, 6) is -17.8. The summed E-state index contributed by atoms with van der Waals surface area (Å²) in [5.41, 5.74) is 40.6. The highest BCUT2D eigenvalue weighted by atomic mass is 16.4. The Hall–Kier alpha value is -4.13. The fourth-order valence-corrected chi connectivity index (χ4v) is 6.72. The minimum Gasteiger partial charge on any atom is -0.481 e. The number of rotatable bonds is 24.